The monoisotopic (exact) mass is 292 g/mol. The number of nitro benzene ring substituents is 1. The summed E-state index contributed by atoms with van der Waals surface area (Å²) in [6, 6.07) is 8.40. The molecule has 0 aliphatic heterocycles. The van der Waals surface area contributed by atoms with Crippen LogP contribution in [0.15, 0.2) is 36.4 Å². The van der Waals surface area contributed by atoms with Gasteiger partial charge in [-0.1, -0.05) is 6.07 Å². The minimum absolute atomic E-state index is 0.0265. The van der Waals surface area contributed by atoms with Crippen LogP contribution in [0.3, 0.4) is 0 Å². The van der Waals surface area contributed by atoms with Gasteiger partial charge in [0.25, 0.3) is 0 Å². The second kappa shape index (κ2) is 6.08. The quantitative estimate of drug-likeness (QED) is 0.653. The molecule has 2 aromatic rings. The van der Waals surface area contributed by atoms with E-state index < -0.39 is 16.4 Å². The molecule has 0 saturated carbocycles. The smallest absolute Gasteiger partial charge is 0.306 e. The first-order valence-corrected chi connectivity index (χ1v) is 6.05. The number of phenols is 1. The number of nitro groups is 1. The van der Waals surface area contributed by atoms with Crippen LogP contribution in [0, 0.1) is 15.9 Å². The number of phenolic OH excluding ortho intramolecular Hbond substituents is 1. The van der Waals surface area contributed by atoms with E-state index in [0.29, 0.717) is 18.0 Å². The van der Waals surface area contributed by atoms with Gasteiger partial charge in [0.15, 0.2) is 11.5 Å². The van der Waals surface area contributed by atoms with Gasteiger partial charge in [-0.15, -0.1) is 0 Å². The lowest BCUT2D eigenvalue weighted by molar-refractivity contribution is -0.387. The van der Waals surface area contributed by atoms with Gasteiger partial charge < -0.3 is 15.2 Å². The molecule has 2 N–H and O–H groups in total. The Bertz CT molecular complexity index is 676. The third kappa shape index (κ3) is 3.38. The number of hydrogen-bond acceptors (Lipinski definition) is 5. The second-order valence-electron chi connectivity index (χ2n) is 4.28. The van der Waals surface area contributed by atoms with Gasteiger partial charge >= 0.3 is 5.69 Å². The number of ether oxygens (including phenoxy) is 1. The van der Waals surface area contributed by atoms with Gasteiger partial charge in [0, 0.05) is 18.3 Å². The molecule has 0 bridgehead atoms. The molecule has 0 aromatic heterocycles. The molecule has 6 nitrogen and oxygen atoms in total. The lowest BCUT2D eigenvalue weighted by atomic mass is 10.2. The summed E-state index contributed by atoms with van der Waals surface area (Å²) in [5.41, 5.74) is 0.648. The molecule has 0 aliphatic carbocycles. The minimum atomic E-state index is -0.878. The van der Waals surface area contributed by atoms with Crippen molar-refractivity contribution in [2.24, 2.45) is 0 Å². The van der Waals surface area contributed by atoms with Gasteiger partial charge in [0.2, 0.25) is 5.82 Å². The Morgan fingerprint density at radius 3 is 2.76 bits per heavy atom. The second-order valence-corrected chi connectivity index (χ2v) is 4.28. The summed E-state index contributed by atoms with van der Waals surface area (Å²) in [6.07, 6.45) is 0. The molecular formula is C14H13FN2O4. The van der Waals surface area contributed by atoms with Crippen LogP contribution in [0.2, 0.25) is 0 Å². The van der Waals surface area contributed by atoms with E-state index in [0.717, 1.165) is 17.7 Å². The van der Waals surface area contributed by atoms with Crippen LogP contribution < -0.4 is 10.1 Å². The first-order chi connectivity index (χ1) is 10.0. The molecule has 21 heavy (non-hydrogen) atoms. The summed E-state index contributed by atoms with van der Waals surface area (Å²) in [7, 11) is 1.44. The highest BCUT2D eigenvalue weighted by atomic mass is 19.1. The summed E-state index contributed by atoms with van der Waals surface area (Å²) >= 11 is 0. The number of aromatic hydroxyl groups is 1. The fourth-order valence-corrected chi connectivity index (χ4v) is 1.80. The Hall–Kier alpha value is -2.83. The largest absolute Gasteiger partial charge is 0.504 e. The molecule has 0 heterocycles. The van der Waals surface area contributed by atoms with Crippen molar-refractivity contribution in [1.82, 2.24) is 0 Å². The summed E-state index contributed by atoms with van der Waals surface area (Å²) in [5, 5.41) is 23.1. The van der Waals surface area contributed by atoms with Crippen molar-refractivity contribution in [3.63, 3.8) is 0 Å². The Morgan fingerprint density at radius 2 is 2.10 bits per heavy atom. The number of benzene rings is 2. The van der Waals surface area contributed by atoms with Crippen molar-refractivity contribution in [3.8, 4) is 11.5 Å². The van der Waals surface area contributed by atoms with Gasteiger partial charge in [-0.25, -0.2) is 0 Å². The molecule has 7 heteroatoms. The van der Waals surface area contributed by atoms with E-state index in [4.69, 9.17) is 4.74 Å². The lowest BCUT2D eigenvalue weighted by Gasteiger charge is -2.09. The van der Waals surface area contributed by atoms with E-state index in [1.54, 1.807) is 12.1 Å². The molecule has 2 aromatic carbocycles. The zero-order valence-electron chi connectivity index (χ0n) is 11.2. The van der Waals surface area contributed by atoms with E-state index in [2.05, 4.69) is 5.32 Å². The summed E-state index contributed by atoms with van der Waals surface area (Å²) in [4.78, 5) is 9.89. The molecule has 0 saturated heterocycles. The number of halogens is 1. The van der Waals surface area contributed by atoms with Crippen molar-refractivity contribution >= 4 is 11.4 Å². The van der Waals surface area contributed by atoms with Gasteiger partial charge in [-0.2, -0.15) is 4.39 Å². The van der Waals surface area contributed by atoms with E-state index in [1.165, 1.54) is 19.2 Å². The molecule has 110 valence electrons. The topological polar surface area (TPSA) is 84.6 Å². The first-order valence-electron chi connectivity index (χ1n) is 6.05. The van der Waals surface area contributed by atoms with Gasteiger partial charge in [0.1, 0.15) is 0 Å². The molecule has 0 aliphatic rings. The molecule has 0 atom stereocenters. The van der Waals surface area contributed by atoms with Crippen LogP contribution in [0.1, 0.15) is 5.56 Å². The minimum Gasteiger partial charge on any atom is -0.504 e. The zero-order valence-corrected chi connectivity index (χ0v) is 11.2. The number of hydrogen-bond donors (Lipinski definition) is 2. The van der Waals surface area contributed by atoms with Crippen molar-refractivity contribution in [2.75, 3.05) is 12.4 Å². The molecule has 0 spiro atoms. The van der Waals surface area contributed by atoms with E-state index >= 15 is 0 Å². The van der Waals surface area contributed by atoms with Crippen molar-refractivity contribution in [1.29, 1.82) is 0 Å². The molecule has 0 amide bonds. The SMILES string of the molecule is COc1cc(CNc2ccc(F)c([N+](=O)[O-])c2)ccc1O. The Kier molecular flexibility index (Phi) is 4.22. The van der Waals surface area contributed by atoms with E-state index in [9.17, 15) is 19.6 Å². The van der Waals surface area contributed by atoms with Crippen LogP contribution in [-0.2, 0) is 6.54 Å². The zero-order chi connectivity index (χ0) is 15.4. The molecular weight excluding hydrogens is 279 g/mol. The maximum absolute atomic E-state index is 13.2. The number of methoxy groups -OCH3 is 1. The van der Waals surface area contributed by atoms with Gasteiger partial charge in [-0.05, 0) is 29.8 Å². The molecule has 0 fully saturated rings. The van der Waals surface area contributed by atoms with Crippen LogP contribution in [0.25, 0.3) is 0 Å². The average Bonchev–Trinajstić information content (AvgIpc) is 2.47. The van der Waals surface area contributed by atoms with E-state index in [1.807, 2.05) is 0 Å². The van der Waals surface area contributed by atoms with Crippen LogP contribution in [-0.4, -0.2) is 17.1 Å². The third-order valence-corrected chi connectivity index (χ3v) is 2.88. The van der Waals surface area contributed by atoms with E-state index in [-0.39, 0.29) is 5.75 Å². The Balaban J connectivity index is 2.13. The van der Waals surface area contributed by atoms with Crippen LogP contribution in [0.4, 0.5) is 15.8 Å². The van der Waals surface area contributed by atoms with Crippen molar-refractivity contribution < 1.29 is 19.2 Å². The van der Waals surface area contributed by atoms with Crippen LogP contribution in [0.5, 0.6) is 11.5 Å². The lowest BCUT2D eigenvalue weighted by Crippen LogP contribution is -2.01. The standard InChI is InChI=1S/C14H13FN2O4/c1-21-14-6-9(2-5-13(14)18)8-16-10-3-4-11(15)12(7-10)17(19)20/h2-7,16,18H,8H2,1H3. The van der Waals surface area contributed by atoms with Gasteiger partial charge in [0.05, 0.1) is 12.0 Å². The molecule has 0 unspecified atom stereocenters. The number of rotatable bonds is 5. The highest BCUT2D eigenvalue weighted by Gasteiger charge is 2.14. The summed E-state index contributed by atoms with van der Waals surface area (Å²) in [5.74, 6) is -0.519. The highest BCUT2D eigenvalue weighted by molar-refractivity contribution is 5.52. The van der Waals surface area contributed by atoms with Gasteiger partial charge in [-0.3, -0.25) is 10.1 Å². The number of nitrogens with one attached hydrogen (secondary N) is 1. The first kappa shape index (κ1) is 14.6. The number of anilines is 1. The maximum Gasteiger partial charge on any atom is 0.306 e. The summed E-state index contributed by atoms with van der Waals surface area (Å²) in [6.45, 7) is 0.347. The molecule has 0 radical (unpaired) electrons. The van der Waals surface area contributed by atoms with Crippen LogP contribution >= 0.6 is 0 Å². The normalized spacial score (nSPS) is 10.2. The average molecular weight is 292 g/mol. The Labute approximate surface area is 119 Å². The predicted molar refractivity (Wildman–Crippen MR) is 75.0 cm³/mol. The third-order valence-electron chi connectivity index (χ3n) is 2.88. The van der Waals surface area contributed by atoms with Crippen molar-refractivity contribution in [3.05, 3.63) is 57.9 Å². The fraction of sp³-hybridized carbons (Fsp3) is 0.143. The predicted octanol–water partition coefficient (Wildman–Crippen LogP) is 3.06. The number of nitrogens with zero attached hydrogens (tertiary/aromatic N) is 1. The summed E-state index contributed by atoms with van der Waals surface area (Å²) < 4.78 is 18.2. The fourth-order valence-electron chi connectivity index (χ4n) is 1.80. The van der Waals surface area contributed by atoms with Crippen molar-refractivity contribution in [2.45, 2.75) is 6.54 Å². The maximum atomic E-state index is 13.2. The highest BCUT2D eigenvalue weighted by Crippen LogP contribution is 2.27. The Morgan fingerprint density at radius 1 is 1.33 bits per heavy atom. The molecule has 2 rings (SSSR count).